The van der Waals surface area contributed by atoms with Crippen molar-refractivity contribution in [3.8, 4) is 0 Å². The molecule has 50 heavy (non-hydrogen) atoms. The van der Waals surface area contributed by atoms with Crippen molar-refractivity contribution < 1.29 is 29.1 Å². The van der Waals surface area contributed by atoms with Crippen LogP contribution in [0, 0.1) is 28.6 Å². The predicted octanol–water partition coefficient (Wildman–Crippen LogP) is 2.48. The Kier molecular flexibility index (Phi) is 11.5. The molecule has 0 aromatic carbocycles. The number of hydrogen-bond donors (Lipinski definition) is 5. The van der Waals surface area contributed by atoms with Gasteiger partial charge < -0.3 is 31.3 Å². The van der Waals surface area contributed by atoms with E-state index in [-0.39, 0.29) is 40.8 Å². The molecule has 13 heteroatoms. The molecule has 3 saturated carbocycles. The maximum absolute atomic E-state index is 14.7. The molecular weight excluding hydrogens is 638 g/mol. The zero-order chi connectivity index (χ0) is 36.4. The first-order chi connectivity index (χ1) is 23.6. The standard InChI is InChI=1S/C37H57N7O6/c1-7-11-24(29(45)34(49)40-23-14-15-23)41-33(48)28-26-22(18-37(26,5)6)20-44(28)35(50)30(36(2,3)4)43-32(47)27(21-12-9-8-10-13-21)42-31(46)25-19-38-16-17-39-25/h16-17,19,21-24,26-30,45H,7-15,18,20H2,1-6H3,(H,40,49)(H,41,48)(H,42,46)(H,43,47)/t22?,24-,26-,27-,28-,29?,30+/m0/s1. The van der Waals surface area contributed by atoms with Gasteiger partial charge in [0.15, 0.2) is 6.10 Å². The van der Waals surface area contributed by atoms with Gasteiger partial charge in [-0.3, -0.25) is 29.0 Å². The van der Waals surface area contributed by atoms with E-state index >= 15 is 0 Å². The molecular formula is C37H57N7O6. The van der Waals surface area contributed by atoms with E-state index < -0.39 is 59.3 Å². The number of nitrogens with zero attached hydrogens (tertiary/aromatic N) is 3. The van der Waals surface area contributed by atoms with Gasteiger partial charge >= 0.3 is 0 Å². The lowest BCUT2D eigenvalue weighted by Gasteiger charge is -2.49. The molecule has 2 heterocycles. The Balaban J connectivity index is 1.38. The van der Waals surface area contributed by atoms with E-state index in [0.29, 0.717) is 19.4 Å². The van der Waals surface area contributed by atoms with Gasteiger partial charge in [-0.1, -0.05) is 67.2 Å². The number of likely N-dealkylation sites (tertiary alicyclic amines) is 1. The van der Waals surface area contributed by atoms with Crippen molar-refractivity contribution in [3.05, 3.63) is 24.3 Å². The van der Waals surface area contributed by atoms with E-state index in [1.807, 2.05) is 27.7 Å². The normalized spacial score (nSPS) is 25.6. The van der Waals surface area contributed by atoms with Crippen molar-refractivity contribution in [2.75, 3.05) is 6.54 Å². The summed E-state index contributed by atoms with van der Waals surface area (Å²) in [4.78, 5) is 78.9. The maximum Gasteiger partial charge on any atom is 0.272 e. The second-order valence-electron chi connectivity index (χ2n) is 16.8. The molecule has 1 saturated heterocycles. The van der Waals surface area contributed by atoms with Gasteiger partial charge in [0.25, 0.3) is 11.8 Å². The summed E-state index contributed by atoms with van der Waals surface area (Å²) in [5.74, 6) is -2.34. The van der Waals surface area contributed by atoms with Crippen LogP contribution in [0.4, 0.5) is 0 Å². The van der Waals surface area contributed by atoms with Gasteiger partial charge in [-0.2, -0.15) is 0 Å². The van der Waals surface area contributed by atoms with Gasteiger partial charge in [0.2, 0.25) is 17.7 Å². The molecule has 3 aliphatic carbocycles. The highest BCUT2D eigenvalue weighted by atomic mass is 16.3. The van der Waals surface area contributed by atoms with Crippen molar-refractivity contribution in [1.82, 2.24) is 36.1 Å². The number of carbonyl (C=O) groups excluding carboxylic acids is 5. The third-order valence-electron chi connectivity index (χ3n) is 11.2. The van der Waals surface area contributed by atoms with Gasteiger partial charge in [-0.15, -0.1) is 0 Å². The minimum Gasteiger partial charge on any atom is -0.381 e. The van der Waals surface area contributed by atoms with E-state index in [9.17, 15) is 29.1 Å². The number of hydrogen-bond acceptors (Lipinski definition) is 8. The van der Waals surface area contributed by atoms with Crippen LogP contribution in [0.25, 0.3) is 0 Å². The van der Waals surface area contributed by atoms with Crippen LogP contribution in [-0.4, -0.2) is 92.4 Å². The fourth-order valence-electron chi connectivity index (χ4n) is 8.50. The smallest absolute Gasteiger partial charge is 0.272 e. The summed E-state index contributed by atoms with van der Waals surface area (Å²) in [5, 5.41) is 22.7. The van der Waals surface area contributed by atoms with Gasteiger partial charge in [-0.05, 0) is 67.1 Å². The van der Waals surface area contributed by atoms with Crippen LogP contribution in [0.5, 0.6) is 0 Å². The van der Waals surface area contributed by atoms with Gasteiger partial charge in [0.1, 0.15) is 23.8 Å². The quantitative estimate of drug-likeness (QED) is 0.209. The van der Waals surface area contributed by atoms with E-state index in [1.54, 1.807) is 4.90 Å². The fraction of sp³-hybridized carbons (Fsp3) is 0.757. The number of rotatable bonds is 13. The summed E-state index contributed by atoms with van der Waals surface area (Å²) in [6.07, 6.45) is 10.9. The number of aliphatic hydroxyl groups excluding tert-OH is 1. The van der Waals surface area contributed by atoms with Crippen LogP contribution < -0.4 is 21.3 Å². The van der Waals surface area contributed by atoms with Gasteiger partial charge in [-0.25, -0.2) is 4.98 Å². The monoisotopic (exact) mass is 695 g/mol. The molecule has 5 rings (SSSR count). The van der Waals surface area contributed by atoms with Crippen LogP contribution in [0.1, 0.15) is 116 Å². The number of fused-ring (bicyclic) bond motifs is 1. The predicted molar refractivity (Wildman–Crippen MR) is 186 cm³/mol. The highest BCUT2D eigenvalue weighted by Crippen LogP contribution is 2.57. The minimum atomic E-state index is -1.41. The summed E-state index contributed by atoms with van der Waals surface area (Å²) >= 11 is 0. The first-order valence-electron chi connectivity index (χ1n) is 18.6. The Morgan fingerprint density at radius 1 is 0.980 bits per heavy atom. The lowest BCUT2D eigenvalue weighted by Crippen LogP contribution is -2.63. The second-order valence-corrected chi connectivity index (χ2v) is 16.8. The molecule has 276 valence electrons. The zero-order valence-electron chi connectivity index (χ0n) is 30.5. The Morgan fingerprint density at radius 2 is 1.68 bits per heavy atom. The molecule has 2 unspecified atom stereocenters. The highest BCUT2D eigenvalue weighted by Gasteiger charge is 2.61. The first-order valence-corrected chi connectivity index (χ1v) is 18.6. The number of aromatic nitrogens is 2. The summed E-state index contributed by atoms with van der Waals surface area (Å²) in [6, 6.07) is -3.45. The molecule has 7 atom stereocenters. The molecule has 5 N–H and O–H groups in total. The first kappa shape index (κ1) is 37.6. The van der Waals surface area contributed by atoms with Crippen molar-refractivity contribution in [2.45, 2.75) is 142 Å². The molecule has 4 aliphatic rings. The molecule has 1 aliphatic heterocycles. The molecule has 5 amide bonds. The number of aliphatic hydroxyl groups is 1. The average molecular weight is 696 g/mol. The third-order valence-corrected chi connectivity index (χ3v) is 11.2. The Bertz CT molecular complexity index is 1400. The average Bonchev–Trinajstić information content (AvgIpc) is 3.83. The fourth-order valence-corrected chi connectivity index (χ4v) is 8.50. The van der Waals surface area contributed by atoms with Crippen LogP contribution in [-0.2, 0) is 19.2 Å². The van der Waals surface area contributed by atoms with Gasteiger partial charge in [0.05, 0.1) is 12.2 Å². The topological polar surface area (TPSA) is 183 Å². The second kappa shape index (κ2) is 15.3. The SMILES string of the molecule is CCC[C@H](NC(=O)[C@@H]1[C@@H]2C(CN1C(=O)[C@@H](NC(=O)[C@@H](NC(=O)c1cnccn1)C1CCCCC1)C(C)(C)C)CC2(C)C)C(O)C(=O)NC1CC1. The largest absolute Gasteiger partial charge is 0.381 e. The lowest BCUT2D eigenvalue weighted by molar-refractivity contribution is -0.147. The van der Waals surface area contributed by atoms with Crippen molar-refractivity contribution in [2.24, 2.45) is 28.6 Å². The summed E-state index contributed by atoms with van der Waals surface area (Å²) in [6.45, 7) is 12.1. The van der Waals surface area contributed by atoms with Crippen LogP contribution in [0.15, 0.2) is 18.6 Å². The number of nitrogens with one attached hydrogen (secondary N) is 4. The van der Waals surface area contributed by atoms with E-state index in [4.69, 9.17) is 0 Å². The minimum absolute atomic E-state index is 0.0668. The highest BCUT2D eigenvalue weighted by molar-refractivity contribution is 5.98. The van der Waals surface area contributed by atoms with E-state index in [2.05, 4.69) is 45.1 Å². The van der Waals surface area contributed by atoms with Gasteiger partial charge in [0, 0.05) is 25.0 Å². The summed E-state index contributed by atoms with van der Waals surface area (Å²) in [5.41, 5.74) is -0.843. The molecule has 1 aromatic heterocycles. The summed E-state index contributed by atoms with van der Waals surface area (Å²) in [7, 11) is 0. The van der Waals surface area contributed by atoms with Crippen LogP contribution >= 0.6 is 0 Å². The lowest BCUT2D eigenvalue weighted by atomic mass is 9.55. The van der Waals surface area contributed by atoms with Crippen molar-refractivity contribution in [3.63, 3.8) is 0 Å². The van der Waals surface area contributed by atoms with E-state index in [0.717, 1.165) is 51.4 Å². The Morgan fingerprint density at radius 3 is 2.26 bits per heavy atom. The van der Waals surface area contributed by atoms with Crippen molar-refractivity contribution in [1.29, 1.82) is 0 Å². The summed E-state index contributed by atoms with van der Waals surface area (Å²) < 4.78 is 0. The van der Waals surface area contributed by atoms with Crippen LogP contribution in [0.2, 0.25) is 0 Å². The molecule has 0 spiro atoms. The maximum atomic E-state index is 14.7. The van der Waals surface area contributed by atoms with E-state index in [1.165, 1.54) is 18.6 Å². The zero-order valence-corrected chi connectivity index (χ0v) is 30.5. The molecule has 4 fully saturated rings. The Labute approximate surface area is 295 Å². The Hall–Kier alpha value is -3.61. The number of amides is 5. The number of carbonyl (C=O) groups is 5. The third kappa shape index (κ3) is 8.46. The van der Waals surface area contributed by atoms with Crippen molar-refractivity contribution >= 4 is 29.5 Å². The van der Waals surface area contributed by atoms with Crippen LogP contribution in [0.3, 0.4) is 0 Å². The molecule has 0 radical (unpaired) electrons. The molecule has 13 nitrogen and oxygen atoms in total. The molecule has 1 aromatic rings. The molecule has 0 bridgehead atoms.